The van der Waals surface area contributed by atoms with Gasteiger partial charge in [-0.2, -0.15) is 0 Å². The van der Waals surface area contributed by atoms with Gasteiger partial charge in [0.25, 0.3) is 5.91 Å². The minimum absolute atomic E-state index is 0.0855. The molecule has 116 valence electrons. The Morgan fingerprint density at radius 3 is 2.81 bits per heavy atom. The van der Waals surface area contributed by atoms with Gasteiger partial charge in [0.2, 0.25) is 0 Å². The molecule has 2 heterocycles. The van der Waals surface area contributed by atoms with E-state index in [1.807, 2.05) is 0 Å². The number of aromatic nitrogens is 1. The van der Waals surface area contributed by atoms with E-state index in [1.54, 1.807) is 19.3 Å². The van der Waals surface area contributed by atoms with Crippen molar-refractivity contribution < 1.29 is 4.79 Å². The largest absolute Gasteiger partial charge is 0.372 e. The zero-order valence-electron chi connectivity index (χ0n) is 12.7. The number of anilines is 1. The van der Waals surface area contributed by atoms with Gasteiger partial charge in [0.1, 0.15) is 5.82 Å². The van der Waals surface area contributed by atoms with Crippen LogP contribution in [0.15, 0.2) is 16.7 Å². The highest BCUT2D eigenvalue weighted by molar-refractivity contribution is 9.10. The highest BCUT2D eigenvalue weighted by Gasteiger charge is 2.18. The number of likely N-dealkylation sites (tertiary alicyclic amines) is 1. The fourth-order valence-electron chi connectivity index (χ4n) is 2.69. The lowest BCUT2D eigenvalue weighted by atomic mass is 10.1. The van der Waals surface area contributed by atoms with Gasteiger partial charge >= 0.3 is 0 Å². The average molecular weight is 355 g/mol. The van der Waals surface area contributed by atoms with Crippen LogP contribution in [0.5, 0.6) is 0 Å². The van der Waals surface area contributed by atoms with Crippen molar-refractivity contribution in [3.8, 4) is 0 Å². The molecule has 1 amide bonds. The molecule has 2 rings (SSSR count). The summed E-state index contributed by atoms with van der Waals surface area (Å²) in [4.78, 5) is 19.0. The molecule has 0 radical (unpaired) electrons. The van der Waals surface area contributed by atoms with Crippen molar-refractivity contribution in [1.29, 1.82) is 0 Å². The number of pyridine rings is 1. The molecule has 2 N–H and O–H groups in total. The first kappa shape index (κ1) is 16.2. The van der Waals surface area contributed by atoms with Gasteiger partial charge in [-0.05, 0) is 54.9 Å². The van der Waals surface area contributed by atoms with E-state index < -0.39 is 0 Å². The van der Waals surface area contributed by atoms with Gasteiger partial charge in [0.05, 0.1) is 5.56 Å². The van der Waals surface area contributed by atoms with Crippen LogP contribution < -0.4 is 10.6 Å². The Kier molecular flexibility index (Phi) is 5.99. The van der Waals surface area contributed by atoms with Crippen LogP contribution in [0.25, 0.3) is 0 Å². The Labute approximate surface area is 134 Å². The molecule has 0 aromatic carbocycles. The van der Waals surface area contributed by atoms with Crippen LogP contribution in [-0.2, 0) is 0 Å². The van der Waals surface area contributed by atoms with Crippen LogP contribution >= 0.6 is 15.9 Å². The van der Waals surface area contributed by atoms with E-state index in [0.717, 1.165) is 24.1 Å². The number of rotatable bonds is 5. The van der Waals surface area contributed by atoms with E-state index in [9.17, 15) is 4.79 Å². The number of piperidine rings is 1. The minimum atomic E-state index is -0.0855. The van der Waals surface area contributed by atoms with E-state index in [-0.39, 0.29) is 11.9 Å². The van der Waals surface area contributed by atoms with Gasteiger partial charge in [0, 0.05) is 30.3 Å². The minimum Gasteiger partial charge on any atom is -0.372 e. The number of hydrogen-bond donors (Lipinski definition) is 2. The van der Waals surface area contributed by atoms with Crippen molar-refractivity contribution in [3.05, 3.63) is 22.3 Å². The van der Waals surface area contributed by atoms with Crippen molar-refractivity contribution in [2.45, 2.75) is 32.2 Å². The molecule has 1 aromatic rings. The van der Waals surface area contributed by atoms with E-state index in [2.05, 4.69) is 43.4 Å². The predicted molar refractivity (Wildman–Crippen MR) is 88.7 cm³/mol. The highest BCUT2D eigenvalue weighted by atomic mass is 79.9. The third kappa shape index (κ3) is 4.68. The predicted octanol–water partition coefficient (Wildman–Crippen LogP) is 2.49. The number of carbonyl (C=O) groups excluding carboxylic acids is 1. The van der Waals surface area contributed by atoms with Crippen molar-refractivity contribution in [2.24, 2.45) is 0 Å². The summed E-state index contributed by atoms with van der Waals surface area (Å²) in [6.45, 7) is 5.24. The van der Waals surface area contributed by atoms with Crippen molar-refractivity contribution in [3.63, 3.8) is 0 Å². The molecule has 1 atom stereocenters. The fraction of sp³-hybridized carbons (Fsp3) is 0.600. The quantitative estimate of drug-likeness (QED) is 0.852. The van der Waals surface area contributed by atoms with Gasteiger partial charge in [-0.15, -0.1) is 0 Å². The van der Waals surface area contributed by atoms with Crippen molar-refractivity contribution in [1.82, 2.24) is 15.2 Å². The Morgan fingerprint density at radius 1 is 1.43 bits per heavy atom. The molecule has 0 aliphatic carbocycles. The number of nitrogens with one attached hydrogen (secondary N) is 2. The molecule has 0 saturated carbocycles. The molecule has 6 heteroatoms. The lowest BCUT2D eigenvalue weighted by Gasteiger charge is -2.29. The zero-order valence-corrected chi connectivity index (χ0v) is 14.2. The number of hydrogen-bond acceptors (Lipinski definition) is 4. The van der Waals surface area contributed by atoms with Gasteiger partial charge < -0.3 is 15.5 Å². The Bertz CT molecular complexity index is 489. The Morgan fingerprint density at radius 2 is 2.14 bits per heavy atom. The normalized spacial score (nSPS) is 17.3. The second kappa shape index (κ2) is 7.75. The zero-order chi connectivity index (χ0) is 15.2. The summed E-state index contributed by atoms with van der Waals surface area (Å²) in [5.74, 6) is 0.513. The first-order valence-corrected chi connectivity index (χ1v) is 8.26. The smallest absolute Gasteiger partial charge is 0.255 e. The molecule has 0 bridgehead atoms. The standard InChI is InChI=1S/C15H23BrN4O/c1-11(10-20-6-4-3-5-7-20)19-15(21)13-8-12(16)9-18-14(13)17-2/h8-9,11H,3-7,10H2,1-2H3,(H,17,18)(H,19,21). The highest BCUT2D eigenvalue weighted by Crippen LogP contribution is 2.18. The topological polar surface area (TPSA) is 57.3 Å². The monoisotopic (exact) mass is 354 g/mol. The maximum absolute atomic E-state index is 12.4. The number of amides is 1. The van der Waals surface area contributed by atoms with E-state index in [1.165, 1.54) is 19.3 Å². The molecular formula is C15H23BrN4O. The van der Waals surface area contributed by atoms with E-state index in [0.29, 0.717) is 11.4 Å². The average Bonchev–Trinajstić information content (AvgIpc) is 2.48. The summed E-state index contributed by atoms with van der Waals surface area (Å²) < 4.78 is 0.801. The molecule has 1 saturated heterocycles. The maximum Gasteiger partial charge on any atom is 0.255 e. The molecule has 5 nitrogen and oxygen atoms in total. The summed E-state index contributed by atoms with van der Waals surface area (Å²) >= 11 is 3.36. The molecule has 1 unspecified atom stereocenters. The molecule has 1 fully saturated rings. The van der Waals surface area contributed by atoms with Gasteiger partial charge in [-0.3, -0.25) is 4.79 Å². The maximum atomic E-state index is 12.4. The molecule has 1 aromatic heterocycles. The molecule has 1 aliphatic heterocycles. The number of carbonyl (C=O) groups is 1. The first-order valence-electron chi connectivity index (χ1n) is 7.46. The molecular weight excluding hydrogens is 332 g/mol. The van der Waals surface area contributed by atoms with E-state index in [4.69, 9.17) is 0 Å². The van der Waals surface area contributed by atoms with Gasteiger partial charge in [0.15, 0.2) is 0 Å². The van der Waals surface area contributed by atoms with Crippen molar-refractivity contribution in [2.75, 3.05) is 32.0 Å². The summed E-state index contributed by atoms with van der Waals surface area (Å²) in [5, 5.41) is 6.02. The molecule has 21 heavy (non-hydrogen) atoms. The third-order valence-electron chi connectivity index (χ3n) is 3.69. The number of nitrogens with zero attached hydrogens (tertiary/aromatic N) is 2. The summed E-state index contributed by atoms with van der Waals surface area (Å²) in [5.41, 5.74) is 0.567. The first-order chi connectivity index (χ1) is 10.1. The van der Waals surface area contributed by atoms with Crippen LogP contribution in [0, 0.1) is 0 Å². The van der Waals surface area contributed by atoms with Crippen LogP contribution in [-0.4, -0.2) is 48.5 Å². The van der Waals surface area contributed by atoms with Crippen LogP contribution in [0.3, 0.4) is 0 Å². The fourth-order valence-corrected chi connectivity index (χ4v) is 3.02. The van der Waals surface area contributed by atoms with E-state index >= 15 is 0 Å². The molecule has 0 spiro atoms. The van der Waals surface area contributed by atoms with Crippen molar-refractivity contribution >= 4 is 27.7 Å². The van der Waals surface area contributed by atoms with Gasteiger partial charge in [-0.25, -0.2) is 4.98 Å². The summed E-state index contributed by atoms with van der Waals surface area (Å²) in [6.07, 6.45) is 5.53. The summed E-state index contributed by atoms with van der Waals surface area (Å²) in [7, 11) is 1.77. The lowest BCUT2D eigenvalue weighted by Crippen LogP contribution is -2.43. The third-order valence-corrected chi connectivity index (χ3v) is 4.13. The SMILES string of the molecule is CNc1ncc(Br)cc1C(=O)NC(C)CN1CCCCC1. The second-order valence-electron chi connectivity index (χ2n) is 5.54. The van der Waals surface area contributed by atoms with Crippen LogP contribution in [0.1, 0.15) is 36.5 Å². The van der Waals surface area contributed by atoms with Gasteiger partial charge in [-0.1, -0.05) is 6.42 Å². The van der Waals surface area contributed by atoms with Crippen LogP contribution in [0.2, 0.25) is 0 Å². The second-order valence-corrected chi connectivity index (χ2v) is 6.45. The summed E-state index contributed by atoms with van der Waals surface area (Å²) in [6, 6.07) is 1.92. The molecule has 1 aliphatic rings. The number of halogens is 1. The Balaban J connectivity index is 1.95. The lowest BCUT2D eigenvalue weighted by molar-refractivity contribution is 0.0926. The van der Waals surface area contributed by atoms with Crippen LogP contribution in [0.4, 0.5) is 5.82 Å². The Hall–Kier alpha value is -1.14.